The van der Waals surface area contributed by atoms with E-state index in [4.69, 9.17) is 10.5 Å². The first kappa shape index (κ1) is 24.0. The molecule has 8 heteroatoms. The topological polar surface area (TPSA) is 72.9 Å². The minimum Gasteiger partial charge on any atom is -0.487 e. The second kappa shape index (κ2) is 10.7. The Kier molecular flexibility index (Phi) is 8.53. The highest BCUT2D eigenvalue weighted by Crippen LogP contribution is 2.22. The third kappa shape index (κ3) is 5.45. The van der Waals surface area contributed by atoms with Gasteiger partial charge in [-0.2, -0.15) is 0 Å². The van der Waals surface area contributed by atoms with Crippen molar-refractivity contribution in [3.05, 3.63) is 66.1 Å². The summed E-state index contributed by atoms with van der Waals surface area (Å²) in [5.41, 5.74) is 8.43. The van der Waals surface area contributed by atoms with E-state index in [1.54, 1.807) is 0 Å². The Bertz CT molecular complexity index is 943. The normalized spacial score (nSPS) is 17.0. The molecule has 3 heterocycles. The number of aromatic nitrogens is 2. The van der Waals surface area contributed by atoms with Gasteiger partial charge in [0.05, 0.1) is 5.69 Å². The first-order valence-electron chi connectivity index (χ1n) is 9.80. The van der Waals surface area contributed by atoms with Gasteiger partial charge in [-0.25, -0.2) is 4.98 Å². The number of likely N-dealkylation sites (tertiary alicyclic amines) is 1. The van der Waals surface area contributed by atoms with Gasteiger partial charge in [0.25, 0.3) is 5.91 Å². The number of piperidine rings is 1. The van der Waals surface area contributed by atoms with Crippen molar-refractivity contribution in [1.82, 2.24) is 14.3 Å². The average Bonchev–Trinajstić information content (AvgIpc) is 3.15. The molecular formula is C22H28Cl2N4O2. The summed E-state index contributed by atoms with van der Waals surface area (Å²) >= 11 is 0. The summed E-state index contributed by atoms with van der Waals surface area (Å²) in [5, 5.41) is 0. The molecule has 1 aromatic carbocycles. The van der Waals surface area contributed by atoms with Gasteiger partial charge in [-0.3, -0.25) is 4.79 Å². The fourth-order valence-corrected chi connectivity index (χ4v) is 3.74. The van der Waals surface area contributed by atoms with Crippen LogP contribution in [-0.2, 0) is 6.61 Å². The Morgan fingerprint density at radius 1 is 1.27 bits per heavy atom. The SMILES string of the molecule is CC(N)C1CCCN(C(=O)c2cccc(OCc3cn4ccccc4n3)c2)C1.Cl.Cl. The van der Waals surface area contributed by atoms with Gasteiger partial charge < -0.3 is 19.8 Å². The van der Waals surface area contributed by atoms with Crippen molar-refractivity contribution in [2.75, 3.05) is 13.1 Å². The number of carbonyl (C=O) groups excluding carboxylic acids is 1. The van der Waals surface area contributed by atoms with Crippen LogP contribution in [0.4, 0.5) is 0 Å². The molecule has 2 atom stereocenters. The van der Waals surface area contributed by atoms with Crippen LogP contribution in [0.2, 0.25) is 0 Å². The van der Waals surface area contributed by atoms with Crippen molar-refractivity contribution in [3.8, 4) is 5.75 Å². The summed E-state index contributed by atoms with van der Waals surface area (Å²) in [5.74, 6) is 1.08. The molecule has 4 rings (SSSR count). The van der Waals surface area contributed by atoms with E-state index in [9.17, 15) is 4.79 Å². The fraction of sp³-hybridized carbons (Fsp3) is 0.364. The lowest BCUT2D eigenvalue weighted by Crippen LogP contribution is -2.45. The van der Waals surface area contributed by atoms with E-state index in [1.165, 1.54) is 0 Å². The Balaban J connectivity index is 0.00000160. The number of amides is 1. The van der Waals surface area contributed by atoms with E-state index in [0.29, 0.717) is 23.8 Å². The minimum atomic E-state index is 0. The van der Waals surface area contributed by atoms with Gasteiger partial charge in [0.1, 0.15) is 18.0 Å². The highest BCUT2D eigenvalue weighted by molar-refractivity contribution is 5.94. The van der Waals surface area contributed by atoms with Crippen molar-refractivity contribution in [1.29, 1.82) is 0 Å². The van der Waals surface area contributed by atoms with Gasteiger partial charge >= 0.3 is 0 Å². The number of rotatable bonds is 5. The summed E-state index contributed by atoms with van der Waals surface area (Å²) in [7, 11) is 0. The molecule has 0 aliphatic carbocycles. The van der Waals surface area contributed by atoms with Gasteiger partial charge in [-0.15, -0.1) is 24.8 Å². The van der Waals surface area contributed by atoms with Crippen molar-refractivity contribution < 1.29 is 9.53 Å². The van der Waals surface area contributed by atoms with Crippen LogP contribution in [0.15, 0.2) is 54.9 Å². The molecule has 1 amide bonds. The zero-order valence-electron chi connectivity index (χ0n) is 16.9. The summed E-state index contributed by atoms with van der Waals surface area (Å²) in [6, 6.07) is 13.4. The van der Waals surface area contributed by atoms with Crippen LogP contribution < -0.4 is 10.5 Å². The Morgan fingerprint density at radius 2 is 2.10 bits per heavy atom. The van der Waals surface area contributed by atoms with E-state index in [-0.39, 0.29) is 36.8 Å². The van der Waals surface area contributed by atoms with Crippen LogP contribution in [0, 0.1) is 5.92 Å². The third-order valence-electron chi connectivity index (χ3n) is 5.37. The molecule has 2 unspecified atom stereocenters. The summed E-state index contributed by atoms with van der Waals surface area (Å²) in [6.45, 7) is 3.89. The number of benzene rings is 1. The number of hydrogen-bond acceptors (Lipinski definition) is 4. The fourth-order valence-electron chi connectivity index (χ4n) is 3.74. The summed E-state index contributed by atoms with van der Waals surface area (Å²) < 4.78 is 7.85. The van der Waals surface area contributed by atoms with Crippen LogP contribution in [0.1, 0.15) is 35.8 Å². The average molecular weight is 451 g/mol. The van der Waals surface area contributed by atoms with Gasteiger partial charge in [-0.1, -0.05) is 12.1 Å². The molecule has 2 N–H and O–H groups in total. The number of fused-ring (bicyclic) bond motifs is 1. The van der Waals surface area contributed by atoms with Crippen LogP contribution in [0.25, 0.3) is 5.65 Å². The molecule has 3 aromatic rings. The van der Waals surface area contributed by atoms with Gasteiger partial charge in [0.15, 0.2) is 0 Å². The zero-order chi connectivity index (χ0) is 19.5. The highest BCUT2D eigenvalue weighted by Gasteiger charge is 2.26. The number of ether oxygens (including phenoxy) is 1. The van der Waals surface area contributed by atoms with E-state index in [0.717, 1.165) is 37.3 Å². The first-order valence-corrected chi connectivity index (χ1v) is 9.80. The molecule has 1 saturated heterocycles. The predicted molar refractivity (Wildman–Crippen MR) is 123 cm³/mol. The standard InChI is InChI=1S/C22H26N4O2.2ClH/c1-16(23)18-7-5-11-26(13-18)22(27)17-6-4-8-20(12-17)28-15-19-14-25-10-3-2-9-21(25)24-19;;/h2-4,6,8-10,12,14,16,18H,5,7,11,13,15,23H2,1H3;2*1H. The number of nitrogens with two attached hydrogens (primary N) is 1. The Labute approximate surface area is 189 Å². The molecule has 0 bridgehead atoms. The van der Waals surface area contributed by atoms with Crippen LogP contribution in [-0.4, -0.2) is 39.3 Å². The molecule has 0 spiro atoms. The highest BCUT2D eigenvalue weighted by atomic mass is 35.5. The summed E-state index contributed by atoms with van der Waals surface area (Å²) in [6.07, 6.45) is 6.00. The van der Waals surface area contributed by atoms with Crippen LogP contribution in [0.3, 0.4) is 0 Å². The third-order valence-corrected chi connectivity index (χ3v) is 5.37. The minimum absolute atomic E-state index is 0. The second-order valence-corrected chi connectivity index (χ2v) is 7.53. The summed E-state index contributed by atoms with van der Waals surface area (Å²) in [4.78, 5) is 19.4. The molecule has 6 nitrogen and oxygen atoms in total. The number of hydrogen-bond donors (Lipinski definition) is 1. The quantitative estimate of drug-likeness (QED) is 0.638. The maximum absolute atomic E-state index is 12.9. The monoisotopic (exact) mass is 450 g/mol. The number of imidazole rings is 1. The Hall–Kier alpha value is -2.28. The van der Waals surface area contributed by atoms with Crippen molar-refractivity contribution in [2.45, 2.75) is 32.4 Å². The molecule has 162 valence electrons. The van der Waals surface area contributed by atoms with Crippen LogP contribution in [0.5, 0.6) is 5.75 Å². The van der Waals surface area contributed by atoms with E-state index in [2.05, 4.69) is 4.98 Å². The number of halogens is 2. The first-order chi connectivity index (χ1) is 13.6. The number of nitrogens with zero attached hydrogens (tertiary/aromatic N) is 3. The molecule has 1 aliphatic rings. The van der Waals surface area contributed by atoms with Gasteiger partial charge in [-0.05, 0) is 56.0 Å². The lowest BCUT2D eigenvalue weighted by atomic mass is 9.92. The Morgan fingerprint density at radius 3 is 2.87 bits per heavy atom. The van der Waals surface area contributed by atoms with Gasteiger partial charge in [0.2, 0.25) is 0 Å². The molecule has 2 aromatic heterocycles. The maximum atomic E-state index is 12.9. The van der Waals surface area contributed by atoms with Crippen molar-refractivity contribution >= 4 is 36.4 Å². The molecule has 30 heavy (non-hydrogen) atoms. The van der Waals surface area contributed by atoms with Crippen LogP contribution >= 0.6 is 24.8 Å². The maximum Gasteiger partial charge on any atom is 0.253 e. The number of pyridine rings is 1. The molecule has 1 aliphatic heterocycles. The van der Waals surface area contributed by atoms with E-state index < -0.39 is 0 Å². The van der Waals surface area contributed by atoms with E-state index >= 15 is 0 Å². The molecule has 0 saturated carbocycles. The lowest BCUT2D eigenvalue weighted by Gasteiger charge is -2.34. The number of carbonyl (C=O) groups is 1. The molecule has 1 fully saturated rings. The largest absolute Gasteiger partial charge is 0.487 e. The van der Waals surface area contributed by atoms with E-state index in [1.807, 2.05) is 71.1 Å². The molecular weight excluding hydrogens is 423 g/mol. The van der Waals surface area contributed by atoms with Crippen molar-refractivity contribution in [2.24, 2.45) is 11.7 Å². The zero-order valence-corrected chi connectivity index (χ0v) is 18.6. The smallest absolute Gasteiger partial charge is 0.253 e. The lowest BCUT2D eigenvalue weighted by molar-refractivity contribution is 0.0660. The van der Waals surface area contributed by atoms with Crippen molar-refractivity contribution in [3.63, 3.8) is 0 Å². The van der Waals surface area contributed by atoms with Gasteiger partial charge in [0, 0.05) is 37.1 Å². The molecule has 0 radical (unpaired) electrons. The second-order valence-electron chi connectivity index (χ2n) is 7.53. The predicted octanol–water partition coefficient (Wildman–Crippen LogP) is 3.96.